The molecule has 2 aromatic rings. The van der Waals surface area contributed by atoms with Crippen molar-refractivity contribution >= 4 is 18.0 Å². The number of hydrogen-bond acceptors (Lipinski definition) is 4. The standard InChI is InChI=1S/C19H16N2O3/c1-14(22)21-18(11-15-5-3-2-4-6-15)19(23)24-13-17-9-7-16(12-20)8-10-17/h2-11H,13H2,1H3,(H,21,22). The molecule has 0 bridgehead atoms. The molecule has 0 saturated carbocycles. The minimum absolute atomic E-state index is 0.0518. The van der Waals surface area contributed by atoms with Crippen LogP contribution in [0.1, 0.15) is 23.6 Å². The number of ether oxygens (including phenoxy) is 1. The highest BCUT2D eigenvalue weighted by Crippen LogP contribution is 2.09. The Hall–Kier alpha value is -3.39. The predicted molar refractivity (Wildman–Crippen MR) is 89.2 cm³/mol. The number of nitrogens with zero attached hydrogens (tertiary/aromatic N) is 1. The summed E-state index contributed by atoms with van der Waals surface area (Å²) in [6, 6.07) is 17.9. The van der Waals surface area contributed by atoms with Gasteiger partial charge in [0.1, 0.15) is 12.3 Å². The molecule has 1 N–H and O–H groups in total. The SMILES string of the molecule is CC(=O)NC(=Cc1ccccc1)C(=O)OCc1ccc(C#N)cc1. The highest BCUT2D eigenvalue weighted by molar-refractivity contribution is 5.97. The second kappa shape index (κ2) is 8.30. The quantitative estimate of drug-likeness (QED) is 0.678. The van der Waals surface area contributed by atoms with Crippen molar-refractivity contribution in [2.75, 3.05) is 0 Å². The summed E-state index contributed by atoms with van der Waals surface area (Å²) >= 11 is 0. The van der Waals surface area contributed by atoms with Crippen LogP contribution >= 0.6 is 0 Å². The Kier molecular flexibility index (Phi) is 5.87. The number of carbonyl (C=O) groups excluding carboxylic acids is 2. The van der Waals surface area contributed by atoms with Gasteiger partial charge in [-0.15, -0.1) is 0 Å². The first-order valence-corrected chi connectivity index (χ1v) is 7.29. The third kappa shape index (κ3) is 5.11. The van der Waals surface area contributed by atoms with Crippen LogP contribution in [0.3, 0.4) is 0 Å². The first kappa shape index (κ1) is 17.0. The molecule has 0 atom stereocenters. The zero-order valence-electron chi connectivity index (χ0n) is 13.2. The fraction of sp³-hybridized carbons (Fsp3) is 0.105. The van der Waals surface area contributed by atoms with Crippen LogP contribution in [0.5, 0.6) is 0 Å². The van der Waals surface area contributed by atoms with Crippen molar-refractivity contribution in [2.24, 2.45) is 0 Å². The molecule has 120 valence electrons. The summed E-state index contributed by atoms with van der Waals surface area (Å²) in [5.74, 6) is -0.981. The molecule has 0 aliphatic carbocycles. The molecule has 0 heterocycles. The van der Waals surface area contributed by atoms with Crippen molar-refractivity contribution in [1.29, 1.82) is 5.26 Å². The van der Waals surface area contributed by atoms with E-state index in [1.807, 2.05) is 36.4 Å². The van der Waals surface area contributed by atoms with Crippen LogP contribution in [-0.4, -0.2) is 11.9 Å². The first-order chi connectivity index (χ1) is 11.6. The Morgan fingerprint density at radius 1 is 1.12 bits per heavy atom. The van der Waals surface area contributed by atoms with E-state index in [0.29, 0.717) is 5.56 Å². The lowest BCUT2D eigenvalue weighted by molar-refractivity contribution is -0.141. The van der Waals surface area contributed by atoms with E-state index in [-0.39, 0.29) is 18.2 Å². The molecule has 0 aromatic heterocycles. The van der Waals surface area contributed by atoms with E-state index in [2.05, 4.69) is 5.32 Å². The summed E-state index contributed by atoms with van der Waals surface area (Å²) in [6.45, 7) is 1.38. The van der Waals surface area contributed by atoms with E-state index in [1.54, 1.807) is 30.3 Å². The highest BCUT2D eigenvalue weighted by Gasteiger charge is 2.13. The zero-order chi connectivity index (χ0) is 17.4. The van der Waals surface area contributed by atoms with E-state index in [9.17, 15) is 9.59 Å². The number of carbonyl (C=O) groups is 2. The van der Waals surface area contributed by atoms with Crippen molar-refractivity contribution in [2.45, 2.75) is 13.5 Å². The van der Waals surface area contributed by atoms with Crippen molar-refractivity contribution in [3.63, 3.8) is 0 Å². The van der Waals surface area contributed by atoms with E-state index < -0.39 is 5.97 Å². The lowest BCUT2D eigenvalue weighted by atomic mass is 10.1. The zero-order valence-corrected chi connectivity index (χ0v) is 13.2. The third-order valence-electron chi connectivity index (χ3n) is 3.09. The molecule has 2 rings (SSSR count). The van der Waals surface area contributed by atoms with Gasteiger partial charge in [0, 0.05) is 6.92 Å². The number of hydrogen-bond donors (Lipinski definition) is 1. The number of esters is 1. The lowest BCUT2D eigenvalue weighted by Gasteiger charge is -2.09. The Bertz CT molecular complexity index is 788. The van der Waals surface area contributed by atoms with E-state index >= 15 is 0 Å². The Balaban J connectivity index is 2.08. The summed E-state index contributed by atoms with van der Waals surface area (Å²) in [6.07, 6.45) is 1.56. The van der Waals surface area contributed by atoms with Crippen LogP contribution in [-0.2, 0) is 20.9 Å². The van der Waals surface area contributed by atoms with Crippen molar-refractivity contribution in [3.8, 4) is 6.07 Å². The van der Waals surface area contributed by atoms with Gasteiger partial charge in [-0.05, 0) is 29.3 Å². The monoisotopic (exact) mass is 320 g/mol. The van der Waals surface area contributed by atoms with Crippen molar-refractivity contribution in [1.82, 2.24) is 5.32 Å². The van der Waals surface area contributed by atoms with Gasteiger partial charge in [-0.25, -0.2) is 4.79 Å². The maximum absolute atomic E-state index is 12.2. The van der Waals surface area contributed by atoms with Crippen LogP contribution in [0.15, 0.2) is 60.3 Å². The summed E-state index contributed by atoms with van der Waals surface area (Å²) in [4.78, 5) is 23.5. The van der Waals surface area contributed by atoms with Crippen LogP contribution in [0.2, 0.25) is 0 Å². The molecule has 0 aliphatic heterocycles. The van der Waals surface area contributed by atoms with Gasteiger partial charge in [0.25, 0.3) is 0 Å². The molecule has 2 aromatic carbocycles. The maximum Gasteiger partial charge on any atom is 0.355 e. The molecule has 5 nitrogen and oxygen atoms in total. The van der Waals surface area contributed by atoms with Gasteiger partial charge in [0.2, 0.25) is 5.91 Å². The number of nitrogens with one attached hydrogen (secondary N) is 1. The number of nitriles is 1. The summed E-state index contributed by atoms with van der Waals surface area (Å²) in [5, 5.41) is 11.2. The summed E-state index contributed by atoms with van der Waals surface area (Å²) < 4.78 is 5.23. The number of rotatable bonds is 5. The Morgan fingerprint density at radius 2 is 1.79 bits per heavy atom. The van der Waals surface area contributed by atoms with Gasteiger partial charge in [-0.2, -0.15) is 5.26 Å². The van der Waals surface area contributed by atoms with Crippen LogP contribution in [0.25, 0.3) is 6.08 Å². The average molecular weight is 320 g/mol. The topological polar surface area (TPSA) is 79.2 Å². The fourth-order valence-electron chi connectivity index (χ4n) is 1.95. The highest BCUT2D eigenvalue weighted by atomic mass is 16.5. The van der Waals surface area contributed by atoms with Gasteiger partial charge in [0.15, 0.2) is 0 Å². The van der Waals surface area contributed by atoms with Crippen molar-refractivity contribution in [3.05, 3.63) is 77.0 Å². The largest absolute Gasteiger partial charge is 0.456 e. The van der Waals surface area contributed by atoms with E-state index in [4.69, 9.17) is 10.00 Å². The summed E-state index contributed by atoms with van der Waals surface area (Å²) in [7, 11) is 0. The molecular weight excluding hydrogens is 304 g/mol. The average Bonchev–Trinajstić information content (AvgIpc) is 2.60. The van der Waals surface area contributed by atoms with E-state index in [1.165, 1.54) is 6.92 Å². The minimum atomic E-state index is -0.626. The molecule has 24 heavy (non-hydrogen) atoms. The molecule has 0 radical (unpaired) electrons. The van der Waals surface area contributed by atoms with Crippen LogP contribution < -0.4 is 5.32 Å². The van der Waals surface area contributed by atoms with Gasteiger partial charge in [-0.3, -0.25) is 4.79 Å². The van der Waals surface area contributed by atoms with Gasteiger partial charge in [0.05, 0.1) is 11.6 Å². The van der Waals surface area contributed by atoms with Gasteiger partial charge in [-0.1, -0.05) is 42.5 Å². The molecule has 0 aliphatic rings. The summed E-state index contributed by atoms with van der Waals surface area (Å²) in [5.41, 5.74) is 2.14. The maximum atomic E-state index is 12.2. The third-order valence-corrected chi connectivity index (χ3v) is 3.09. The second-order valence-corrected chi connectivity index (χ2v) is 5.03. The molecule has 0 spiro atoms. The molecule has 5 heteroatoms. The van der Waals surface area contributed by atoms with Crippen molar-refractivity contribution < 1.29 is 14.3 Å². The lowest BCUT2D eigenvalue weighted by Crippen LogP contribution is -2.26. The Morgan fingerprint density at radius 3 is 2.38 bits per heavy atom. The minimum Gasteiger partial charge on any atom is -0.456 e. The number of benzene rings is 2. The van der Waals surface area contributed by atoms with E-state index in [0.717, 1.165) is 11.1 Å². The Labute approximate surface area is 140 Å². The second-order valence-electron chi connectivity index (χ2n) is 5.03. The van der Waals surface area contributed by atoms with Crippen LogP contribution in [0, 0.1) is 11.3 Å². The smallest absolute Gasteiger partial charge is 0.355 e. The van der Waals surface area contributed by atoms with Crippen LogP contribution in [0.4, 0.5) is 0 Å². The number of amides is 1. The molecule has 0 saturated heterocycles. The molecule has 1 amide bonds. The van der Waals surface area contributed by atoms with Gasteiger partial charge >= 0.3 is 5.97 Å². The normalized spacial score (nSPS) is 10.6. The molecule has 0 fully saturated rings. The van der Waals surface area contributed by atoms with Gasteiger partial charge < -0.3 is 10.1 Å². The molecule has 0 unspecified atom stereocenters. The predicted octanol–water partition coefficient (Wildman–Crippen LogP) is 2.78. The fourth-order valence-corrected chi connectivity index (χ4v) is 1.95. The first-order valence-electron chi connectivity index (χ1n) is 7.29. The molecular formula is C19H16N2O3.